The summed E-state index contributed by atoms with van der Waals surface area (Å²) < 4.78 is 9.53. The van der Waals surface area contributed by atoms with Gasteiger partial charge in [0.25, 0.3) is 0 Å². The molecule has 360 valence electrons. The van der Waals surface area contributed by atoms with Crippen molar-refractivity contribution in [2.75, 3.05) is 16.5 Å². The van der Waals surface area contributed by atoms with Gasteiger partial charge in [0.05, 0.1) is 22.4 Å². The molecule has 0 unspecified atom stereocenters. The second kappa shape index (κ2) is 17.3. The maximum Gasteiger partial charge on any atom is 0.137 e. The fourth-order valence-corrected chi connectivity index (χ4v) is 10.3. The molecular formula is C66H70N4O. The van der Waals surface area contributed by atoms with Crippen molar-refractivity contribution >= 4 is 44.6 Å². The van der Waals surface area contributed by atoms with Crippen molar-refractivity contribution in [3.63, 3.8) is 0 Å². The molecule has 2 aromatic heterocycles. The van der Waals surface area contributed by atoms with E-state index in [4.69, 9.17) is 9.72 Å². The van der Waals surface area contributed by atoms with Crippen LogP contribution in [0.25, 0.3) is 27.6 Å². The molecule has 0 saturated carbocycles. The lowest BCUT2D eigenvalue weighted by atomic mass is 9.78. The molecule has 0 atom stereocenters. The minimum atomic E-state index is -0.331. The number of rotatable bonds is 9. The monoisotopic (exact) mass is 935 g/mol. The van der Waals surface area contributed by atoms with Gasteiger partial charge in [-0.05, 0) is 122 Å². The van der Waals surface area contributed by atoms with E-state index in [1.54, 1.807) is 0 Å². The lowest BCUT2D eigenvalue weighted by Gasteiger charge is -2.30. The second-order valence-electron chi connectivity index (χ2n) is 24.0. The average molecular weight is 935 g/mol. The summed E-state index contributed by atoms with van der Waals surface area (Å²) in [7, 11) is 0. The summed E-state index contributed by atoms with van der Waals surface area (Å²) in [5.41, 5.74) is 15.0. The van der Waals surface area contributed by atoms with Crippen LogP contribution in [0.3, 0.4) is 0 Å². The van der Waals surface area contributed by atoms with Crippen LogP contribution in [0.15, 0.2) is 176 Å². The first-order valence-corrected chi connectivity index (χ1v) is 25.4. The zero-order chi connectivity index (χ0) is 50.3. The van der Waals surface area contributed by atoms with Gasteiger partial charge in [-0.15, -0.1) is 0 Å². The Hall–Kier alpha value is -7.11. The van der Waals surface area contributed by atoms with Gasteiger partial charge in [0.15, 0.2) is 0 Å². The molecule has 71 heavy (non-hydrogen) atoms. The molecule has 0 saturated heterocycles. The molecule has 0 radical (unpaired) electrons. The van der Waals surface area contributed by atoms with Gasteiger partial charge >= 0.3 is 0 Å². The summed E-state index contributed by atoms with van der Waals surface area (Å²) in [6.45, 7) is 30.6. The lowest BCUT2D eigenvalue weighted by Crippen LogP contribution is -2.26. The maximum atomic E-state index is 7.19. The largest absolute Gasteiger partial charge is 0.457 e. The average Bonchev–Trinajstić information content (AvgIpc) is 3.89. The van der Waals surface area contributed by atoms with E-state index in [2.05, 4.69) is 274 Å². The number of hydrogen-bond acceptors (Lipinski definition) is 4. The number of hydrogen-bond donors (Lipinski definition) is 0. The van der Waals surface area contributed by atoms with Gasteiger partial charge in [-0.1, -0.05) is 181 Å². The SMILES string of the molecule is CC(C)(C)c1cc(N2CN(c3cc(Oc4ccc5c6ccc(C(C)(C)c7ccccc7)cc6n(-c6cc(C(C)(C)C)ccn6)c5c4)cc(C(C)(C)c4ccccc4)c3)c3ccccc32)cc(C(C)(C)C)c1. The lowest BCUT2D eigenvalue weighted by molar-refractivity contribution is 0.480. The zero-order valence-corrected chi connectivity index (χ0v) is 44.1. The van der Waals surface area contributed by atoms with Gasteiger partial charge in [0, 0.05) is 51.3 Å². The van der Waals surface area contributed by atoms with E-state index >= 15 is 0 Å². The highest BCUT2D eigenvalue weighted by Crippen LogP contribution is 2.48. The Morgan fingerprint density at radius 3 is 1.44 bits per heavy atom. The number of fused-ring (bicyclic) bond motifs is 4. The Kier molecular flexibility index (Phi) is 11.6. The number of aromatic nitrogens is 2. The van der Waals surface area contributed by atoms with Crippen molar-refractivity contribution in [3.8, 4) is 17.3 Å². The van der Waals surface area contributed by atoms with Crippen LogP contribution >= 0.6 is 0 Å². The van der Waals surface area contributed by atoms with Gasteiger partial charge in [0.1, 0.15) is 24.0 Å². The topological polar surface area (TPSA) is 33.5 Å². The van der Waals surface area contributed by atoms with Gasteiger partial charge in [-0.3, -0.25) is 4.57 Å². The van der Waals surface area contributed by atoms with Crippen LogP contribution in [0.5, 0.6) is 11.5 Å². The van der Waals surface area contributed by atoms with Gasteiger partial charge in [0.2, 0.25) is 0 Å². The molecule has 1 aliphatic rings. The molecule has 3 heterocycles. The van der Waals surface area contributed by atoms with Crippen LogP contribution in [-0.4, -0.2) is 16.2 Å². The van der Waals surface area contributed by atoms with Gasteiger partial charge in [-0.25, -0.2) is 4.98 Å². The number of anilines is 4. The van der Waals surface area contributed by atoms with Crippen LogP contribution in [0.4, 0.5) is 22.7 Å². The molecule has 0 bridgehead atoms. The predicted octanol–water partition coefficient (Wildman–Crippen LogP) is 17.8. The first kappa shape index (κ1) is 47.6. The maximum absolute atomic E-state index is 7.19. The Bertz CT molecular complexity index is 3400. The Balaban J connectivity index is 1.12. The van der Waals surface area contributed by atoms with E-state index in [0.717, 1.165) is 45.1 Å². The van der Waals surface area contributed by atoms with Crippen molar-refractivity contribution in [3.05, 3.63) is 215 Å². The zero-order valence-electron chi connectivity index (χ0n) is 44.1. The van der Waals surface area contributed by atoms with Gasteiger partial charge < -0.3 is 14.5 Å². The van der Waals surface area contributed by atoms with Crippen molar-refractivity contribution in [2.45, 2.75) is 117 Å². The van der Waals surface area contributed by atoms with Crippen LogP contribution in [0.1, 0.15) is 129 Å². The molecule has 0 spiro atoms. The third kappa shape index (κ3) is 8.90. The summed E-state index contributed by atoms with van der Waals surface area (Å²) in [6, 6.07) is 62.4. The first-order chi connectivity index (χ1) is 33.6. The van der Waals surface area contributed by atoms with E-state index in [-0.39, 0.29) is 27.1 Å². The van der Waals surface area contributed by atoms with Crippen LogP contribution in [-0.2, 0) is 27.1 Å². The predicted molar refractivity (Wildman–Crippen MR) is 300 cm³/mol. The molecule has 1 aliphatic heterocycles. The summed E-state index contributed by atoms with van der Waals surface area (Å²) in [5.74, 6) is 2.43. The fourth-order valence-electron chi connectivity index (χ4n) is 10.3. The molecule has 10 rings (SSSR count). The minimum Gasteiger partial charge on any atom is -0.457 e. The molecule has 5 heteroatoms. The first-order valence-electron chi connectivity index (χ1n) is 25.4. The van der Waals surface area contributed by atoms with Gasteiger partial charge in [-0.2, -0.15) is 0 Å². The van der Waals surface area contributed by atoms with E-state index in [0.29, 0.717) is 6.67 Å². The van der Waals surface area contributed by atoms with E-state index in [1.165, 1.54) is 55.7 Å². The Labute approximate surface area is 422 Å². The number of pyridine rings is 1. The minimum absolute atomic E-state index is 0.00882. The van der Waals surface area contributed by atoms with Crippen molar-refractivity contribution in [2.24, 2.45) is 0 Å². The van der Waals surface area contributed by atoms with Crippen LogP contribution in [0, 0.1) is 0 Å². The highest BCUT2D eigenvalue weighted by atomic mass is 16.5. The normalized spacial score (nSPS) is 13.6. The fraction of sp³-hybridized carbons (Fsp3) is 0.288. The molecule has 0 aliphatic carbocycles. The van der Waals surface area contributed by atoms with E-state index < -0.39 is 0 Å². The van der Waals surface area contributed by atoms with Crippen LogP contribution < -0.4 is 14.5 Å². The van der Waals surface area contributed by atoms with Crippen LogP contribution in [0.2, 0.25) is 0 Å². The van der Waals surface area contributed by atoms with Crippen molar-refractivity contribution in [1.82, 2.24) is 9.55 Å². The summed E-state index contributed by atoms with van der Waals surface area (Å²) in [4.78, 5) is 10.0. The highest BCUT2D eigenvalue weighted by Gasteiger charge is 2.33. The molecule has 0 fully saturated rings. The third-order valence-corrected chi connectivity index (χ3v) is 15.2. The smallest absolute Gasteiger partial charge is 0.137 e. The number of benzene rings is 7. The Morgan fingerprint density at radius 2 is 0.873 bits per heavy atom. The third-order valence-electron chi connectivity index (χ3n) is 15.2. The Morgan fingerprint density at radius 1 is 0.380 bits per heavy atom. The highest BCUT2D eigenvalue weighted by molar-refractivity contribution is 6.09. The number of nitrogens with zero attached hydrogens (tertiary/aromatic N) is 4. The summed E-state index contributed by atoms with van der Waals surface area (Å²) in [5, 5.41) is 2.33. The van der Waals surface area contributed by atoms with Crippen molar-refractivity contribution < 1.29 is 4.74 Å². The second-order valence-corrected chi connectivity index (χ2v) is 24.0. The molecular weight excluding hydrogens is 865 g/mol. The standard InChI is InChI=1S/C66H70N4O/c1-62(2,3)46-32-33-67-61(40-46)70-59-39-47(65(10,11)44-22-16-14-17-23-44)28-30-55(59)56-31-29-53(42-60(56)70)71-54-38-50(66(12,13)45-24-18-15-19-25-45)37-52(41-54)69-43-68(57-26-20-21-27-58(57)69)51-35-48(63(4,5)6)34-49(36-51)64(7,8)9/h14-42H,43H2,1-13H3. The van der Waals surface area contributed by atoms with E-state index in [9.17, 15) is 0 Å². The number of para-hydroxylation sites is 2. The summed E-state index contributed by atoms with van der Waals surface area (Å²) in [6.07, 6.45) is 1.95. The molecule has 0 amide bonds. The number of ether oxygens (including phenoxy) is 1. The molecule has 7 aromatic carbocycles. The molecule has 0 N–H and O–H groups in total. The molecule has 5 nitrogen and oxygen atoms in total. The molecule has 9 aromatic rings. The quantitative estimate of drug-likeness (QED) is 0.144. The van der Waals surface area contributed by atoms with E-state index in [1.807, 2.05) is 6.20 Å². The summed E-state index contributed by atoms with van der Waals surface area (Å²) >= 11 is 0. The van der Waals surface area contributed by atoms with Crippen molar-refractivity contribution in [1.29, 1.82) is 0 Å².